The van der Waals surface area contributed by atoms with Crippen LogP contribution < -0.4 is 4.90 Å². The van der Waals surface area contributed by atoms with Crippen LogP contribution in [-0.2, 0) is 11.3 Å². The summed E-state index contributed by atoms with van der Waals surface area (Å²) >= 11 is 3.19. The van der Waals surface area contributed by atoms with Gasteiger partial charge in [-0.3, -0.25) is 4.90 Å². The van der Waals surface area contributed by atoms with Crippen molar-refractivity contribution in [2.75, 3.05) is 38.2 Å². The highest BCUT2D eigenvalue weighted by Gasteiger charge is 2.24. The Morgan fingerprint density at radius 1 is 1.33 bits per heavy atom. The number of aromatic nitrogens is 3. The summed E-state index contributed by atoms with van der Waals surface area (Å²) in [6, 6.07) is 0.394. The van der Waals surface area contributed by atoms with E-state index in [1.807, 2.05) is 11.6 Å². The first-order chi connectivity index (χ1) is 10.3. The molecule has 0 spiro atoms. The van der Waals surface area contributed by atoms with Crippen molar-refractivity contribution < 1.29 is 4.74 Å². The minimum absolute atomic E-state index is 0.394. The van der Waals surface area contributed by atoms with Gasteiger partial charge in [-0.2, -0.15) is 4.37 Å². The maximum Gasteiger partial charge on any atom is 0.205 e. The van der Waals surface area contributed by atoms with Gasteiger partial charge >= 0.3 is 0 Å². The summed E-state index contributed by atoms with van der Waals surface area (Å²) < 4.78 is 9.39. The summed E-state index contributed by atoms with van der Waals surface area (Å²) in [6.07, 6.45) is 1.88. The average Bonchev–Trinajstić information content (AvgIpc) is 3.19. The van der Waals surface area contributed by atoms with Crippen LogP contribution in [-0.4, -0.2) is 52.5 Å². The molecule has 3 heterocycles. The molecule has 1 unspecified atom stereocenters. The van der Waals surface area contributed by atoms with Crippen LogP contribution in [0.15, 0.2) is 11.6 Å². The molecule has 2 aromatic heterocycles. The van der Waals surface area contributed by atoms with E-state index in [0.717, 1.165) is 37.1 Å². The molecular weight excluding hydrogens is 306 g/mol. The van der Waals surface area contributed by atoms with Crippen LogP contribution in [0.5, 0.6) is 0 Å². The third-order valence-corrected chi connectivity index (χ3v) is 5.43. The smallest absolute Gasteiger partial charge is 0.205 e. The third-order valence-electron chi connectivity index (χ3n) is 3.67. The molecular formula is C13H19N5OS2. The minimum atomic E-state index is 0.394. The lowest BCUT2D eigenvalue weighted by atomic mass is 10.2. The van der Waals surface area contributed by atoms with Crippen molar-refractivity contribution in [2.24, 2.45) is 0 Å². The van der Waals surface area contributed by atoms with Gasteiger partial charge < -0.3 is 9.64 Å². The topological polar surface area (TPSA) is 54.4 Å². The Hall–Kier alpha value is -1.09. The Bertz CT molecular complexity index is 551. The van der Waals surface area contributed by atoms with E-state index in [0.29, 0.717) is 12.6 Å². The Labute approximate surface area is 132 Å². The first kappa shape index (κ1) is 14.8. The van der Waals surface area contributed by atoms with E-state index in [1.54, 1.807) is 18.4 Å². The SMILES string of the molecule is COCc1nsc(N2CCN(C(C)c3nccs3)CC2)n1. The average molecular weight is 325 g/mol. The molecule has 2 aromatic rings. The molecule has 1 fully saturated rings. The largest absolute Gasteiger partial charge is 0.377 e. The number of hydrogen-bond acceptors (Lipinski definition) is 8. The van der Waals surface area contributed by atoms with Crippen LogP contribution in [0.1, 0.15) is 23.8 Å². The molecule has 21 heavy (non-hydrogen) atoms. The van der Waals surface area contributed by atoms with E-state index < -0.39 is 0 Å². The Balaban J connectivity index is 1.57. The summed E-state index contributed by atoms with van der Waals surface area (Å²) in [5, 5.41) is 4.24. The second-order valence-electron chi connectivity index (χ2n) is 5.00. The van der Waals surface area contributed by atoms with E-state index in [2.05, 4.69) is 31.1 Å². The maximum absolute atomic E-state index is 5.07. The predicted octanol–water partition coefficient (Wildman–Crippen LogP) is 2.02. The van der Waals surface area contributed by atoms with Crippen molar-refractivity contribution in [3.63, 3.8) is 0 Å². The second kappa shape index (κ2) is 6.78. The summed E-state index contributed by atoms with van der Waals surface area (Å²) in [6.45, 7) is 6.74. The van der Waals surface area contributed by atoms with Gasteiger partial charge in [0.25, 0.3) is 0 Å². The summed E-state index contributed by atoms with van der Waals surface area (Å²) in [5.74, 6) is 0.774. The maximum atomic E-state index is 5.07. The van der Waals surface area contributed by atoms with Crippen LogP contribution >= 0.6 is 22.9 Å². The standard InChI is InChI=1S/C13H19N5OS2/c1-10(12-14-3-8-20-12)17-4-6-18(7-5-17)13-15-11(9-19-2)16-21-13/h3,8,10H,4-7,9H2,1-2H3. The van der Waals surface area contributed by atoms with Crippen LogP contribution in [0.25, 0.3) is 0 Å². The first-order valence-electron chi connectivity index (χ1n) is 6.98. The highest BCUT2D eigenvalue weighted by molar-refractivity contribution is 7.09. The van der Waals surface area contributed by atoms with E-state index >= 15 is 0 Å². The van der Waals surface area contributed by atoms with Crippen molar-refractivity contribution in [3.8, 4) is 0 Å². The minimum Gasteiger partial charge on any atom is -0.377 e. The van der Waals surface area contributed by atoms with Crippen molar-refractivity contribution in [2.45, 2.75) is 19.6 Å². The van der Waals surface area contributed by atoms with Crippen LogP contribution in [0.3, 0.4) is 0 Å². The number of methoxy groups -OCH3 is 1. The molecule has 114 valence electrons. The Kier molecular flexibility index (Phi) is 4.79. The van der Waals surface area contributed by atoms with Crippen LogP contribution in [0.4, 0.5) is 5.13 Å². The molecule has 8 heteroatoms. The fourth-order valence-corrected chi connectivity index (χ4v) is 3.91. The van der Waals surface area contributed by atoms with Gasteiger partial charge in [-0.1, -0.05) is 0 Å². The van der Waals surface area contributed by atoms with Gasteiger partial charge in [-0.05, 0) is 6.92 Å². The van der Waals surface area contributed by atoms with Crippen molar-refractivity contribution in [1.82, 2.24) is 19.2 Å². The Morgan fingerprint density at radius 2 is 2.14 bits per heavy atom. The number of ether oxygens (including phenoxy) is 1. The second-order valence-corrected chi connectivity index (χ2v) is 6.65. The number of hydrogen-bond donors (Lipinski definition) is 0. The molecule has 1 atom stereocenters. The monoisotopic (exact) mass is 325 g/mol. The van der Waals surface area contributed by atoms with Gasteiger partial charge in [-0.15, -0.1) is 11.3 Å². The fourth-order valence-electron chi connectivity index (χ4n) is 2.46. The summed E-state index contributed by atoms with van der Waals surface area (Å²) in [7, 11) is 1.67. The number of anilines is 1. The van der Waals surface area contributed by atoms with Gasteiger partial charge in [0.2, 0.25) is 5.13 Å². The predicted molar refractivity (Wildman–Crippen MR) is 84.9 cm³/mol. The third kappa shape index (κ3) is 3.39. The molecule has 0 aliphatic carbocycles. The van der Waals surface area contributed by atoms with Crippen molar-refractivity contribution in [3.05, 3.63) is 22.4 Å². The molecule has 1 aliphatic rings. The number of thiazole rings is 1. The van der Waals surface area contributed by atoms with E-state index in [1.165, 1.54) is 16.5 Å². The van der Waals surface area contributed by atoms with E-state index in [-0.39, 0.29) is 0 Å². The first-order valence-corrected chi connectivity index (χ1v) is 8.63. The molecule has 0 radical (unpaired) electrons. The quantitative estimate of drug-likeness (QED) is 0.838. The summed E-state index contributed by atoms with van der Waals surface area (Å²) in [4.78, 5) is 13.7. The number of rotatable bonds is 5. The molecule has 0 amide bonds. The zero-order chi connectivity index (χ0) is 14.7. The molecule has 3 rings (SSSR count). The molecule has 6 nitrogen and oxygen atoms in total. The molecule has 0 bridgehead atoms. The van der Waals surface area contributed by atoms with Gasteiger partial charge in [0, 0.05) is 56.4 Å². The summed E-state index contributed by atoms with van der Waals surface area (Å²) in [5.41, 5.74) is 0. The van der Waals surface area contributed by atoms with Crippen LogP contribution in [0.2, 0.25) is 0 Å². The highest BCUT2D eigenvalue weighted by Crippen LogP contribution is 2.25. The normalized spacial score (nSPS) is 18.1. The van der Waals surface area contributed by atoms with E-state index in [9.17, 15) is 0 Å². The lowest BCUT2D eigenvalue weighted by molar-refractivity contribution is 0.178. The van der Waals surface area contributed by atoms with Gasteiger partial charge in [0.1, 0.15) is 11.6 Å². The fraction of sp³-hybridized carbons (Fsp3) is 0.615. The van der Waals surface area contributed by atoms with Crippen molar-refractivity contribution >= 4 is 28.0 Å². The highest BCUT2D eigenvalue weighted by atomic mass is 32.1. The van der Waals surface area contributed by atoms with Crippen molar-refractivity contribution in [1.29, 1.82) is 0 Å². The molecule has 0 saturated carbocycles. The van der Waals surface area contributed by atoms with Gasteiger partial charge in [-0.25, -0.2) is 9.97 Å². The van der Waals surface area contributed by atoms with Gasteiger partial charge in [0.05, 0.1) is 6.04 Å². The lowest BCUT2D eigenvalue weighted by Crippen LogP contribution is -2.47. The molecule has 1 aliphatic heterocycles. The zero-order valence-electron chi connectivity index (χ0n) is 12.2. The molecule has 0 N–H and O–H groups in total. The lowest BCUT2D eigenvalue weighted by Gasteiger charge is -2.37. The molecule has 1 saturated heterocycles. The van der Waals surface area contributed by atoms with Gasteiger partial charge in [0.15, 0.2) is 5.82 Å². The molecule has 0 aromatic carbocycles. The van der Waals surface area contributed by atoms with E-state index in [4.69, 9.17) is 4.74 Å². The number of piperazine rings is 1. The van der Waals surface area contributed by atoms with Crippen LogP contribution in [0, 0.1) is 0 Å². The number of nitrogens with zero attached hydrogens (tertiary/aromatic N) is 5. The Morgan fingerprint density at radius 3 is 2.81 bits per heavy atom. The zero-order valence-corrected chi connectivity index (χ0v) is 13.9.